The lowest BCUT2D eigenvalue weighted by atomic mass is 10.1. The fourth-order valence-corrected chi connectivity index (χ4v) is 3.42. The molecule has 0 radical (unpaired) electrons. The van der Waals surface area contributed by atoms with Crippen LogP contribution in [-0.4, -0.2) is 21.6 Å². The quantitative estimate of drug-likeness (QED) is 0.362. The summed E-state index contributed by atoms with van der Waals surface area (Å²) >= 11 is 0. The molecular weight excluding hydrogens is 380 g/mol. The van der Waals surface area contributed by atoms with E-state index in [0.717, 1.165) is 29.1 Å². The molecule has 1 amide bonds. The van der Waals surface area contributed by atoms with Crippen molar-refractivity contribution >= 4 is 17.8 Å². The van der Waals surface area contributed by atoms with E-state index in [9.17, 15) is 14.9 Å². The van der Waals surface area contributed by atoms with Crippen LogP contribution in [0.3, 0.4) is 0 Å². The molecule has 3 rings (SSSR count). The third kappa shape index (κ3) is 4.63. The predicted molar refractivity (Wildman–Crippen MR) is 117 cm³/mol. The predicted octanol–water partition coefficient (Wildman–Crippen LogP) is 4.26. The molecule has 0 saturated carbocycles. The minimum Gasteiger partial charge on any atom is -0.318 e. The topological polar surface area (TPSA) is 89.5 Å². The number of hydrazone groups is 1. The number of nitro benzene ring substituents is 1. The Balaban J connectivity index is 1.71. The van der Waals surface area contributed by atoms with Crippen molar-refractivity contribution in [2.24, 2.45) is 5.10 Å². The highest BCUT2D eigenvalue weighted by Gasteiger charge is 2.15. The molecule has 0 unspecified atom stereocenters. The number of nitrogens with zero attached hydrogens (tertiary/aromatic N) is 3. The maximum Gasteiger partial charge on any atom is 0.273 e. The molecule has 0 bridgehead atoms. The van der Waals surface area contributed by atoms with Gasteiger partial charge >= 0.3 is 0 Å². The first-order chi connectivity index (χ1) is 14.4. The van der Waals surface area contributed by atoms with Gasteiger partial charge in [-0.1, -0.05) is 37.3 Å². The number of amides is 1. The minimum absolute atomic E-state index is 0.0748. The maximum absolute atomic E-state index is 12.2. The summed E-state index contributed by atoms with van der Waals surface area (Å²) in [5, 5.41) is 15.1. The molecule has 0 aliphatic carbocycles. The number of carbonyl (C=O) groups is 1. The van der Waals surface area contributed by atoms with Crippen molar-refractivity contribution in [2.75, 3.05) is 0 Å². The summed E-state index contributed by atoms with van der Waals surface area (Å²) in [6, 6.07) is 16.6. The van der Waals surface area contributed by atoms with Crippen LogP contribution in [0.5, 0.6) is 0 Å². The molecule has 1 aromatic heterocycles. The van der Waals surface area contributed by atoms with Crippen LogP contribution in [0.2, 0.25) is 0 Å². The van der Waals surface area contributed by atoms with E-state index in [-0.39, 0.29) is 12.1 Å². The number of benzene rings is 2. The van der Waals surface area contributed by atoms with Crippen LogP contribution < -0.4 is 5.43 Å². The average molecular weight is 404 g/mol. The lowest BCUT2D eigenvalue weighted by Crippen LogP contribution is -2.20. The van der Waals surface area contributed by atoms with Gasteiger partial charge < -0.3 is 4.57 Å². The van der Waals surface area contributed by atoms with Gasteiger partial charge in [0.1, 0.15) is 0 Å². The summed E-state index contributed by atoms with van der Waals surface area (Å²) < 4.78 is 2.13. The monoisotopic (exact) mass is 404 g/mol. The Morgan fingerprint density at radius 1 is 1.17 bits per heavy atom. The molecule has 1 N–H and O–H groups in total. The van der Waals surface area contributed by atoms with Gasteiger partial charge in [0, 0.05) is 34.3 Å². The van der Waals surface area contributed by atoms with Crippen molar-refractivity contribution in [1.82, 2.24) is 9.99 Å². The Hall–Kier alpha value is -3.74. The van der Waals surface area contributed by atoms with E-state index < -0.39 is 10.8 Å². The van der Waals surface area contributed by atoms with Crippen LogP contribution in [-0.2, 0) is 17.6 Å². The molecule has 0 fully saturated rings. The first-order valence-corrected chi connectivity index (χ1v) is 9.73. The fraction of sp³-hybridized carbons (Fsp3) is 0.217. The van der Waals surface area contributed by atoms with E-state index in [1.54, 1.807) is 24.4 Å². The third-order valence-electron chi connectivity index (χ3n) is 5.01. The molecule has 0 aliphatic heterocycles. The number of hydrogen-bond acceptors (Lipinski definition) is 4. The molecule has 3 aromatic rings. The van der Waals surface area contributed by atoms with Crippen LogP contribution in [0.25, 0.3) is 5.69 Å². The Labute approximate surface area is 175 Å². The number of para-hydroxylation sites is 1. The lowest BCUT2D eigenvalue weighted by molar-refractivity contribution is -0.385. The highest BCUT2D eigenvalue weighted by molar-refractivity contribution is 5.85. The Morgan fingerprint density at radius 3 is 2.53 bits per heavy atom. The van der Waals surface area contributed by atoms with Crippen LogP contribution in [0.4, 0.5) is 5.69 Å². The van der Waals surface area contributed by atoms with Crippen LogP contribution in [0.1, 0.15) is 35.0 Å². The van der Waals surface area contributed by atoms with E-state index in [0.29, 0.717) is 5.56 Å². The fourth-order valence-electron chi connectivity index (χ4n) is 3.42. The summed E-state index contributed by atoms with van der Waals surface area (Å²) in [5.41, 5.74) is 8.04. The summed E-state index contributed by atoms with van der Waals surface area (Å²) in [7, 11) is 0. The zero-order valence-corrected chi connectivity index (χ0v) is 17.3. The SMILES string of the molecule is CCc1ccc(-n2c(C)cc(/C=N/NC(=O)Cc3ccccc3[N+](=O)[O-])c2C)cc1. The number of aryl methyl sites for hydroxylation is 2. The second-order valence-corrected chi connectivity index (χ2v) is 7.04. The molecule has 0 aliphatic rings. The van der Waals surface area contributed by atoms with Crippen molar-refractivity contribution in [3.63, 3.8) is 0 Å². The van der Waals surface area contributed by atoms with Gasteiger partial charge in [-0.25, -0.2) is 5.43 Å². The van der Waals surface area contributed by atoms with Gasteiger partial charge in [-0.2, -0.15) is 5.10 Å². The standard InChI is InChI=1S/C23H24N4O3/c1-4-18-9-11-21(12-10-18)26-16(2)13-20(17(26)3)15-24-25-23(28)14-19-7-5-6-8-22(19)27(29)30/h5-13,15H,4,14H2,1-3H3,(H,25,28)/b24-15+. The molecule has 0 atom stereocenters. The van der Waals surface area contributed by atoms with E-state index >= 15 is 0 Å². The first kappa shape index (κ1) is 21.0. The van der Waals surface area contributed by atoms with Gasteiger partial charge in [-0.3, -0.25) is 14.9 Å². The molecule has 1 heterocycles. The van der Waals surface area contributed by atoms with Crippen molar-refractivity contribution < 1.29 is 9.72 Å². The number of aromatic nitrogens is 1. The summed E-state index contributed by atoms with van der Waals surface area (Å²) in [6.07, 6.45) is 2.47. The molecule has 0 saturated heterocycles. The van der Waals surface area contributed by atoms with E-state index in [1.807, 2.05) is 19.9 Å². The first-order valence-electron chi connectivity index (χ1n) is 9.73. The van der Waals surface area contributed by atoms with Crippen molar-refractivity contribution in [1.29, 1.82) is 0 Å². The van der Waals surface area contributed by atoms with Gasteiger partial charge in [-0.15, -0.1) is 0 Å². The molecule has 0 spiro atoms. The molecule has 7 nitrogen and oxygen atoms in total. The summed E-state index contributed by atoms with van der Waals surface area (Å²) in [6.45, 7) is 6.14. The molecular formula is C23H24N4O3. The van der Waals surface area contributed by atoms with Gasteiger partial charge in [0.25, 0.3) is 5.69 Å². The van der Waals surface area contributed by atoms with E-state index in [4.69, 9.17) is 0 Å². The highest BCUT2D eigenvalue weighted by Crippen LogP contribution is 2.21. The zero-order chi connectivity index (χ0) is 21.7. The van der Waals surface area contributed by atoms with Gasteiger partial charge in [0.2, 0.25) is 5.91 Å². The van der Waals surface area contributed by atoms with Gasteiger partial charge in [0.15, 0.2) is 0 Å². The molecule has 2 aromatic carbocycles. The maximum atomic E-state index is 12.2. The van der Waals surface area contributed by atoms with E-state index in [1.165, 1.54) is 11.6 Å². The second kappa shape index (κ2) is 9.17. The molecule has 30 heavy (non-hydrogen) atoms. The van der Waals surface area contributed by atoms with Crippen LogP contribution in [0.15, 0.2) is 59.7 Å². The van der Waals surface area contributed by atoms with Gasteiger partial charge in [-0.05, 0) is 44.0 Å². The normalized spacial score (nSPS) is 11.0. The summed E-state index contributed by atoms with van der Waals surface area (Å²) in [5.74, 6) is -0.412. The lowest BCUT2D eigenvalue weighted by Gasteiger charge is -2.10. The Bertz CT molecular complexity index is 1100. The van der Waals surface area contributed by atoms with Crippen molar-refractivity contribution in [2.45, 2.75) is 33.6 Å². The van der Waals surface area contributed by atoms with Crippen LogP contribution in [0, 0.1) is 24.0 Å². The third-order valence-corrected chi connectivity index (χ3v) is 5.01. The highest BCUT2D eigenvalue weighted by atomic mass is 16.6. The number of rotatable bonds is 7. The Kier molecular flexibility index (Phi) is 6.41. The molecule has 154 valence electrons. The van der Waals surface area contributed by atoms with Crippen molar-refractivity contribution in [3.8, 4) is 5.69 Å². The van der Waals surface area contributed by atoms with Gasteiger partial charge in [0.05, 0.1) is 17.6 Å². The zero-order valence-electron chi connectivity index (χ0n) is 17.3. The number of nitrogens with one attached hydrogen (secondary N) is 1. The smallest absolute Gasteiger partial charge is 0.273 e. The van der Waals surface area contributed by atoms with E-state index in [2.05, 4.69) is 46.3 Å². The average Bonchev–Trinajstić information content (AvgIpc) is 3.01. The largest absolute Gasteiger partial charge is 0.318 e. The van der Waals surface area contributed by atoms with Crippen LogP contribution >= 0.6 is 0 Å². The number of carbonyl (C=O) groups excluding carboxylic acids is 1. The Morgan fingerprint density at radius 2 is 1.87 bits per heavy atom. The number of nitro groups is 1. The minimum atomic E-state index is -0.492. The number of hydrogen-bond donors (Lipinski definition) is 1. The second-order valence-electron chi connectivity index (χ2n) is 7.04. The van der Waals surface area contributed by atoms with Crippen molar-refractivity contribution in [3.05, 3.63) is 92.8 Å². The molecule has 7 heteroatoms. The summed E-state index contributed by atoms with van der Waals surface area (Å²) in [4.78, 5) is 22.7.